The molecule has 0 aromatic carbocycles. The van der Waals surface area contributed by atoms with E-state index in [1.54, 1.807) is 6.07 Å². The van der Waals surface area contributed by atoms with Crippen LogP contribution in [-0.2, 0) is 11.3 Å². The molecule has 0 unspecified atom stereocenters. The molecule has 2 rings (SSSR count). The molecule has 0 bridgehead atoms. The zero-order chi connectivity index (χ0) is 19.0. The third-order valence-corrected chi connectivity index (χ3v) is 3.05. The molecule has 0 atom stereocenters. The molecule has 0 aliphatic carbocycles. The lowest BCUT2D eigenvalue weighted by Gasteiger charge is -2.09. The standard InChI is InChI=1S/C16H16F3N3O4/c17-16(18,19)10-26-14-4-3-11(9-22-14)8-21-13(23)5-6-20-15(24)12-2-1-7-25-12/h1-4,7,9H,5-6,8,10H2,(H,20,24)(H,21,23). The van der Waals surface area contributed by atoms with Gasteiger partial charge in [-0.25, -0.2) is 4.98 Å². The molecule has 2 aromatic rings. The number of rotatable bonds is 8. The summed E-state index contributed by atoms with van der Waals surface area (Å²) in [5, 5.41) is 5.14. The van der Waals surface area contributed by atoms with Gasteiger partial charge in [0.05, 0.1) is 6.26 Å². The first-order valence-electron chi connectivity index (χ1n) is 7.56. The first kappa shape index (κ1) is 19.3. The quantitative estimate of drug-likeness (QED) is 0.741. The van der Waals surface area contributed by atoms with Gasteiger partial charge >= 0.3 is 6.18 Å². The van der Waals surface area contributed by atoms with Crippen molar-refractivity contribution in [1.29, 1.82) is 0 Å². The molecule has 0 saturated carbocycles. The fourth-order valence-corrected chi connectivity index (χ4v) is 1.83. The van der Waals surface area contributed by atoms with Gasteiger partial charge in [0.2, 0.25) is 11.8 Å². The maximum atomic E-state index is 12.0. The first-order valence-corrected chi connectivity index (χ1v) is 7.56. The number of hydrogen-bond acceptors (Lipinski definition) is 5. The van der Waals surface area contributed by atoms with Gasteiger partial charge < -0.3 is 19.8 Å². The van der Waals surface area contributed by atoms with Gasteiger partial charge in [-0.1, -0.05) is 6.07 Å². The molecular formula is C16H16F3N3O4. The Labute approximate surface area is 146 Å². The Morgan fingerprint density at radius 3 is 2.62 bits per heavy atom. The molecule has 2 N–H and O–H groups in total. The molecule has 7 nitrogen and oxygen atoms in total. The van der Waals surface area contributed by atoms with E-state index in [2.05, 4.69) is 20.4 Å². The molecule has 2 aromatic heterocycles. The van der Waals surface area contributed by atoms with Crippen LogP contribution in [0.15, 0.2) is 41.1 Å². The summed E-state index contributed by atoms with van der Waals surface area (Å²) in [5.74, 6) is -0.717. The van der Waals surface area contributed by atoms with Crippen molar-refractivity contribution in [3.63, 3.8) is 0 Å². The molecule has 0 spiro atoms. The van der Waals surface area contributed by atoms with Crippen molar-refractivity contribution in [3.8, 4) is 5.88 Å². The summed E-state index contributed by atoms with van der Waals surface area (Å²) in [6.07, 6.45) is -1.69. The summed E-state index contributed by atoms with van der Waals surface area (Å²) >= 11 is 0. The Hall–Kier alpha value is -3.04. The van der Waals surface area contributed by atoms with E-state index >= 15 is 0 Å². The Bertz CT molecular complexity index is 715. The first-order chi connectivity index (χ1) is 12.3. The lowest BCUT2D eigenvalue weighted by atomic mass is 10.2. The van der Waals surface area contributed by atoms with Crippen molar-refractivity contribution in [3.05, 3.63) is 48.0 Å². The lowest BCUT2D eigenvalue weighted by molar-refractivity contribution is -0.154. The molecule has 0 saturated heterocycles. The topological polar surface area (TPSA) is 93.5 Å². The molecule has 0 fully saturated rings. The van der Waals surface area contributed by atoms with E-state index in [1.165, 1.54) is 30.7 Å². The number of ether oxygens (including phenoxy) is 1. The van der Waals surface area contributed by atoms with Gasteiger partial charge in [0, 0.05) is 31.8 Å². The average Bonchev–Trinajstić information content (AvgIpc) is 3.13. The highest BCUT2D eigenvalue weighted by Gasteiger charge is 2.28. The number of carbonyl (C=O) groups is 2. The van der Waals surface area contributed by atoms with E-state index < -0.39 is 18.7 Å². The predicted octanol–water partition coefficient (Wildman–Crippen LogP) is 2.05. The number of nitrogens with one attached hydrogen (secondary N) is 2. The summed E-state index contributed by atoms with van der Waals surface area (Å²) < 4.78 is 45.5. The second-order valence-corrected chi connectivity index (χ2v) is 5.17. The lowest BCUT2D eigenvalue weighted by Crippen LogP contribution is -2.30. The Kier molecular flexibility index (Phi) is 6.59. The number of furan rings is 1. The second-order valence-electron chi connectivity index (χ2n) is 5.17. The molecule has 0 radical (unpaired) electrons. The van der Waals surface area contributed by atoms with Crippen LogP contribution in [0.4, 0.5) is 13.2 Å². The molecule has 26 heavy (non-hydrogen) atoms. The number of pyridine rings is 1. The van der Waals surface area contributed by atoms with Crippen molar-refractivity contribution >= 4 is 11.8 Å². The maximum Gasteiger partial charge on any atom is 0.422 e. The second kappa shape index (κ2) is 8.88. The Morgan fingerprint density at radius 1 is 1.19 bits per heavy atom. The minimum atomic E-state index is -4.43. The summed E-state index contributed by atoms with van der Waals surface area (Å²) in [7, 11) is 0. The molecule has 2 heterocycles. The van der Waals surface area contributed by atoms with Gasteiger partial charge in [-0.3, -0.25) is 9.59 Å². The smallest absolute Gasteiger partial charge is 0.422 e. The highest BCUT2D eigenvalue weighted by Crippen LogP contribution is 2.16. The van der Waals surface area contributed by atoms with E-state index in [0.29, 0.717) is 5.56 Å². The van der Waals surface area contributed by atoms with Crippen LogP contribution in [0.1, 0.15) is 22.5 Å². The molecule has 10 heteroatoms. The zero-order valence-electron chi connectivity index (χ0n) is 13.5. The fraction of sp³-hybridized carbons (Fsp3) is 0.312. The van der Waals surface area contributed by atoms with E-state index in [9.17, 15) is 22.8 Å². The van der Waals surface area contributed by atoms with Gasteiger partial charge in [-0.2, -0.15) is 13.2 Å². The zero-order valence-corrected chi connectivity index (χ0v) is 13.5. The Balaban J connectivity index is 1.66. The van der Waals surface area contributed by atoms with Crippen LogP contribution in [0.2, 0.25) is 0 Å². The number of alkyl halides is 3. The minimum absolute atomic E-state index is 0.0622. The van der Waals surface area contributed by atoms with Crippen molar-refractivity contribution in [2.24, 2.45) is 0 Å². The van der Waals surface area contributed by atoms with Crippen molar-refractivity contribution in [1.82, 2.24) is 15.6 Å². The normalized spacial score (nSPS) is 11.0. The predicted molar refractivity (Wildman–Crippen MR) is 83.3 cm³/mol. The summed E-state index contributed by atoms with van der Waals surface area (Å²) in [6, 6.07) is 5.87. The Morgan fingerprint density at radius 2 is 2.00 bits per heavy atom. The van der Waals surface area contributed by atoms with Gasteiger partial charge in [0.15, 0.2) is 12.4 Å². The molecule has 2 amide bonds. The monoisotopic (exact) mass is 371 g/mol. The van der Waals surface area contributed by atoms with Gasteiger partial charge in [-0.15, -0.1) is 0 Å². The van der Waals surface area contributed by atoms with Gasteiger partial charge in [0.1, 0.15) is 0 Å². The van der Waals surface area contributed by atoms with Crippen molar-refractivity contribution in [2.75, 3.05) is 13.2 Å². The third kappa shape index (κ3) is 6.83. The van der Waals surface area contributed by atoms with Crippen LogP contribution in [0.25, 0.3) is 0 Å². The number of carbonyl (C=O) groups excluding carboxylic acids is 2. The third-order valence-electron chi connectivity index (χ3n) is 3.05. The van der Waals surface area contributed by atoms with E-state index in [4.69, 9.17) is 4.42 Å². The largest absolute Gasteiger partial charge is 0.468 e. The number of nitrogens with zero attached hydrogens (tertiary/aromatic N) is 1. The summed E-state index contributed by atoms with van der Waals surface area (Å²) in [5.41, 5.74) is 0.595. The van der Waals surface area contributed by atoms with Crippen LogP contribution in [-0.4, -0.2) is 36.1 Å². The van der Waals surface area contributed by atoms with Crippen molar-refractivity contribution in [2.45, 2.75) is 19.1 Å². The van der Waals surface area contributed by atoms with E-state index in [-0.39, 0.29) is 37.1 Å². The van der Waals surface area contributed by atoms with Gasteiger partial charge in [0.25, 0.3) is 5.91 Å². The van der Waals surface area contributed by atoms with Crippen LogP contribution in [0.5, 0.6) is 5.88 Å². The molecule has 0 aliphatic rings. The van der Waals surface area contributed by atoms with E-state index in [1.807, 2.05) is 0 Å². The van der Waals surface area contributed by atoms with Crippen LogP contribution >= 0.6 is 0 Å². The number of amides is 2. The number of halogens is 3. The summed E-state index contributed by atoms with van der Waals surface area (Å²) in [6.45, 7) is -1.13. The highest BCUT2D eigenvalue weighted by atomic mass is 19.4. The van der Waals surface area contributed by atoms with Crippen LogP contribution in [0, 0.1) is 0 Å². The fourth-order valence-electron chi connectivity index (χ4n) is 1.83. The highest BCUT2D eigenvalue weighted by molar-refractivity contribution is 5.91. The number of aromatic nitrogens is 1. The van der Waals surface area contributed by atoms with Gasteiger partial charge in [-0.05, 0) is 17.7 Å². The van der Waals surface area contributed by atoms with Crippen LogP contribution in [0.3, 0.4) is 0 Å². The molecule has 140 valence electrons. The maximum absolute atomic E-state index is 12.0. The molecule has 0 aliphatic heterocycles. The minimum Gasteiger partial charge on any atom is -0.468 e. The average molecular weight is 371 g/mol. The SMILES string of the molecule is O=C(CCNC(=O)c1ccco1)NCc1ccc(OCC(F)(F)F)nc1. The van der Waals surface area contributed by atoms with Crippen molar-refractivity contribution < 1.29 is 31.9 Å². The summed E-state index contributed by atoms with van der Waals surface area (Å²) in [4.78, 5) is 27.0. The molecular weight excluding hydrogens is 355 g/mol. The van der Waals surface area contributed by atoms with Crippen LogP contribution < -0.4 is 15.4 Å². The van der Waals surface area contributed by atoms with E-state index in [0.717, 1.165) is 0 Å². The number of hydrogen-bond donors (Lipinski definition) is 2.